The molecule has 1 aromatic heterocycles. The van der Waals surface area contributed by atoms with Crippen molar-refractivity contribution in [3.8, 4) is 11.1 Å². The molecule has 0 aliphatic carbocycles. The zero-order valence-corrected chi connectivity index (χ0v) is 14.6. The van der Waals surface area contributed by atoms with Gasteiger partial charge in [0, 0.05) is 5.39 Å². The van der Waals surface area contributed by atoms with Gasteiger partial charge >= 0.3 is 0 Å². The van der Waals surface area contributed by atoms with Gasteiger partial charge in [0.25, 0.3) is 0 Å². The Balaban J connectivity index is 0.00000132. The number of fused-ring (bicyclic) bond motifs is 1. The minimum atomic E-state index is 0. The Hall–Kier alpha value is -1.81. The molecule has 0 radical (unpaired) electrons. The number of benzene rings is 2. The van der Waals surface area contributed by atoms with Gasteiger partial charge in [-0.25, -0.2) is 4.98 Å². The average Bonchev–Trinajstić information content (AvgIpc) is 2.47. The van der Waals surface area contributed by atoms with E-state index in [0.717, 1.165) is 28.5 Å². The summed E-state index contributed by atoms with van der Waals surface area (Å²) < 4.78 is 0. The molecule has 0 amide bonds. The van der Waals surface area contributed by atoms with Crippen LogP contribution in [0.2, 0.25) is 0 Å². The lowest BCUT2D eigenvalue weighted by Gasteiger charge is -2.07. The predicted octanol–water partition coefficient (Wildman–Crippen LogP) is 4.14. The second-order valence-corrected chi connectivity index (χ2v) is 5.33. The molecule has 0 aliphatic heterocycles. The second-order valence-electron chi connectivity index (χ2n) is 5.33. The molecule has 0 spiro atoms. The van der Waals surface area contributed by atoms with E-state index < -0.39 is 0 Å². The molecule has 4 N–H and O–H groups in total. The number of pyridine rings is 1. The van der Waals surface area contributed by atoms with Crippen LogP contribution >= 0.6 is 24.8 Å². The SMILES string of the molecule is Cc1cc(N)nc2cc(-c3ccc(CCN)cc3)ccc12.Cl.Cl. The summed E-state index contributed by atoms with van der Waals surface area (Å²) in [7, 11) is 0. The van der Waals surface area contributed by atoms with E-state index >= 15 is 0 Å². The van der Waals surface area contributed by atoms with Crippen molar-refractivity contribution in [2.75, 3.05) is 12.3 Å². The minimum absolute atomic E-state index is 0. The topological polar surface area (TPSA) is 64.9 Å². The maximum Gasteiger partial charge on any atom is 0.124 e. The van der Waals surface area contributed by atoms with Crippen molar-refractivity contribution in [3.05, 3.63) is 59.7 Å². The highest BCUT2D eigenvalue weighted by molar-refractivity contribution is 5.88. The molecule has 0 unspecified atom stereocenters. The van der Waals surface area contributed by atoms with Crippen molar-refractivity contribution in [1.82, 2.24) is 4.98 Å². The largest absolute Gasteiger partial charge is 0.384 e. The van der Waals surface area contributed by atoms with E-state index in [1.165, 1.54) is 11.1 Å². The molecule has 0 fully saturated rings. The van der Waals surface area contributed by atoms with Crippen LogP contribution in [0, 0.1) is 6.92 Å². The van der Waals surface area contributed by atoms with Crippen molar-refractivity contribution in [2.45, 2.75) is 13.3 Å². The zero-order chi connectivity index (χ0) is 14.8. The van der Waals surface area contributed by atoms with E-state index in [1.807, 2.05) is 6.07 Å². The first-order chi connectivity index (χ1) is 10.2. The molecule has 3 aromatic rings. The zero-order valence-electron chi connectivity index (χ0n) is 13.0. The lowest BCUT2D eigenvalue weighted by molar-refractivity contribution is 0.969. The molecule has 23 heavy (non-hydrogen) atoms. The summed E-state index contributed by atoms with van der Waals surface area (Å²) in [5, 5.41) is 1.15. The Labute approximate surface area is 148 Å². The number of nitrogens with zero attached hydrogens (tertiary/aromatic N) is 1. The molecular formula is C18H21Cl2N3. The smallest absolute Gasteiger partial charge is 0.124 e. The first kappa shape index (κ1) is 19.2. The highest BCUT2D eigenvalue weighted by Gasteiger charge is 2.04. The fourth-order valence-electron chi connectivity index (χ4n) is 2.64. The Morgan fingerprint density at radius 3 is 2.22 bits per heavy atom. The minimum Gasteiger partial charge on any atom is -0.384 e. The standard InChI is InChI=1S/C18H19N3.2ClH/c1-12-10-18(20)21-17-11-15(6-7-16(12)17)14-4-2-13(3-5-14)8-9-19;;/h2-7,10-11H,8-9,19H2,1H3,(H2,20,21);2*1H. The van der Waals surface area contributed by atoms with E-state index in [2.05, 4.69) is 54.4 Å². The van der Waals surface area contributed by atoms with Gasteiger partial charge in [0.1, 0.15) is 5.82 Å². The van der Waals surface area contributed by atoms with Gasteiger partial charge in [-0.3, -0.25) is 0 Å². The van der Waals surface area contributed by atoms with Crippen LogP contribution in [-0.2, 0) is 6.42 Å². The summed E-state index contributed by atoms with van der Waals surface area (Å²) in [4.78, 5) is 4.43. The van der Waals surface area contributed by atoms with Gasteiger partial charge in [-0.05, 0) is 54.3 Å². The van der Waals surface area contributed by atoms with Crippen molar-refractivity contribution < 1.29 is 0 Å². The molecule has 0 bridgehead atoms. The van der Waals surface area contributed by atoms with Crippen LogP contribution in [0.5, 0.6) is 0 Å². The van der Waals surface area contributed by atoms with Crippen LogP contribution in [-0.4, -0.2) is 11.5 Å². The van der Waals surface area contributed by atoms with Crippen LogP contribution < -0.4 is 11.5 Å². The second kappa shape index (κ2) is 8.16. The normalized spacial score (nSPS) is 10.0. The quantitative estimate of drug-likeness (QED) is 0.746. The van der Waals surface area contributed by atoms with Crippen LogP contribution in [0.3, 0.4) is 0 Å². The summed E-state index contributed by atoms with van der Waals surface area (Å²) in [6, 6.07) is 16.8. The number of nitrogens with two attached hydrogens (primary N) is 2. The number of aromatic nitrogens is 1. The van der Waals surface area contributed by atoms with E-state index in [4.69, 9.17) is 11.5 Å². The maximum atomic E-state index is 5.84. The first-order valence-corrected chi connectivity index (χ1v) is 7.13. The number of anilines is 1. The van der Waals surface area contributed by atoms with Gasteiger partial charge in [0.15, 0.2) is 0 Å². The molecule has 2 aromatic carbocycles. The third kappa shape index (κ3) is 4.14. The molecule has 3 rings (SSSR count). The van der Waals surface area contributed by atoms with E-state index in [9.17, 15) is 0 Å². The Morgan fingerprint density at radius 2 is 1.57 bits per heavy atom. The van der Waals surface area contributed by atoms with Gasteiger partial charge in [0.05, 0.1) is 5.52 Å². The van der Waals surface area contributed by atoms with Gasteiger partial charge in [0.2, 0.25) is 0 Å². The van der Waals surface area contributed by atoms with Gasteiger partial charge in [-0.1, -0.05) is 36.4 Å². The fraction of sp³-hybridized carbons (Fsp3) is 0.167. The lowest BCUT2D eigenvalue weighted by atomic mass is 10.0. The Morgan fingerprint density at radius 1 is 0.913 bits per heavy atom. The molecule has 1 heterocycles. The van der Waals surface area contributed by atoms with Crippen LogP contribution in [0.25, 0.3) is 22.0 Å². The van der Waals surface area contributed by atoms with Crippen LogP contribution in [0.15, 0.2) is 48.5 Å². The molecule has 0 saturated carbocycles. The Bertz CT molecular complexity index is 786. The van der Waals surface area contributed by atoms with Gasteiger partial charge < -0.3 is 11.5 Å². The van der Waals surface area contributed by atoms with Crippen molar-refractivity contribution >= 4 is 41.5 Å². The number of aryl methyl sites for hydroxylation is 1. The fourth-order valence-corrected chi connectivity index (χ4v) is 2.64. The van der Waals surface area contributed by atoms with E-state index in [-0.39, 0.29) is 24.8 Å². The highest BCUT2D eigenvalue weighted by atomic mass is 35.5. The molecule has 122 valence electrons. The molecule has 0 atom stereocenters. The van der Waals surface area contributed by atoms with Crippen molar-refractivity contribution in [3.63, 3.8) is 0 Å². The van der Waals surface area contributed by atoms with Crippen LogP contribution in [0.4, 0.5) is 5.82 Å². The Kier molecular flexibility index (Phi) is 6.82. The highest BCUT2D eigenvalue weighted by Crippen LogP contribution is 2.26. The number of rotatable bonds is 3. The summed E-state index contributed by atoms with van der Waals surface area (Å²) >= 11 is 0. The van der Waals surface area contributed by atoms with Crippen molar-refractivity contribution in [1.29, 1.82) is 0 Å². The first-order valence-electron chi connectivity index (χ1n) is 7.13. The third-order valence-electron chi connectivity index (χ3n) is 3.76. The summed E-state index contributed by atoms with van der Waals surface area (Å²) in [5.74, 6) is 0.565. The third-order valence-corrected chi connectivity index (χ3v) is 3.76. The summed E-state index contributed by atoms with van der Waals surface area (Å²) in [6.45, 7) is 2.74. The van der Waals surface area contributed by atoms with Gasteiger partial charge in [-0.2, -0.15) is 0 Å². The number of hydrogen-bond acceptors (Lipinski definition) is 3. The number of halogens is 2. The maximum absolute atomic E-state index is 5.84. The summed E-state index contributed by atoms with van der Waals surface area (Å²) in [6.07, 6.45) is 0.912. The van der Waals surface area contributed by atoms with E-state index in [0.29, 0.717) is 12.4 Å². The number of nitrogen functional groups attached to an aromatic ring is 1. The molecule has 0 saturated heterocycles. The summed E-state index contributed by atoms with van der Waals surface area (Å²) in [5.41, 5.74) is 17.1. The van der Waals surface area contributed by atoms with Gasteiger partial charge in [-0.15, -0.1) is 24.8 Å². The predicted molar refractivity (Wildman–Crippen MR) is 104 cm³/mol. The van der Waals surface area contributed by atoms with Crippen LogP contribution in [0.1, 0.15) is 11.1 Å². The average molecular weight is 350 g/mol. The van der Waals surface area contributed by atoms with E-state index in [1.54, 1.807) is 0 Å². The molecule has 3 nitrogen and oxygen atoms in total. The molecule has 0 aliphatic rings. The number of hydrogen-bond donors (Lipinski definition) is 2. The van der Waals surface area contributed by atoms with Crippen molar-refractivity contribution in [2.24, 2.45) is 5.73 Å². The lowest BCUT2D eigenvalue weighted by Crippen LogP contribution is -2.02. The molecule has 5 heteroatoms. The monoisotopic (exact) mass is 349 g/mol. The molecular weight excluding hydrogens is 329 g/mol.